The maximum absolute atomic E-state index is 5.78. The van der Waals surface area contributed by atoms with Crippen molar-refractivity contribution in [2.45, 2.75) is 31.7 Å². The van der Waals surface area contributed by atoms with E-state index < -0.39 is 0 Å². The molecule has 2 saturated carbocycles. The van der Waals surface area contributed by atoms with Gasteiger partial charge in [0, 0.05) is 18.8 Å². The molecule has 4 heteroatoms. The van der Waals surface area contributed by atoms with Crippen molar-refractivity contribution in [3.05, 3.63) is 23.9 Å². The minimum absolute atomic E-state index is 0.453. The fourth-order valence-corrected chi connectivity index (χ4v) is 2.35. The maximum Gasteiger partial charge on any atom is 0.139 e. The van der Waals surface area contributed by atoms with Crippen molar-refractivity contribution < 1.29 is 0 Å². The maximum atomic E-state index is 5.78. The van der Waals surface area contributed by atoms with E-state index in [0.29, 0.717) is 11.0 Å². The zero-order valence-corrected chi connectivity index (χ0v) is 10.6. The predicted octanol–water partition coefficient (Wildman–Crippen LogP) is 2.09. The first-order valence-corrected chi connectivity index (χ1v) is 6.68. The molecule has 0 spiro atoms. The Morgan fingerprint density at radius 3 is 2.76 bits per heavy atom. The van der Waals surface area contributed by atoms with Crippen molar-refractivity contribution in [1.29, 1.82) is 0 Å². The summed E-state index contributed by atoms with van der Waals surface area (Å²) < 4.78 is 0. The highest BCUT2D eigenvalue weighted by Gasteiger charge is 2.35. The van der Waals surface area contributed by atoms with Crippen LogP contribution in [-0.4, -0.2) is 22.6 Å². The molecule has 1 aromatic rings. The Bertz CT molecular complexity index is 438. The first-order chi connectivity index (χ1) is 8.25. The van der Waals surface area contributed by atoms with Gasteiger partial charge in [0.25, 0.3) is 0 Å². The molecule has 0 saturated heterocycles. The zero-order valence-electron chi connectivity index (χ0n) is 9.80. The molecule has 17 heavy (non-hydrogen) atoms. The van der Waals surface area contributed by atoms with Crippen LogP contribution in [0.3, 0.4) is 0 Å². The van der Waals surface area contributed by atoms with Gasteiger partial charge in [-0.1, -0.05) is 12.2 Å². The normalized spacial score (nSPS) is 19.1. The van der Waals surface area contributed by atoms with Crippen LogP contribution in [0.4, 0.5) is 5.82 Å². The van der Waals surface area contributed by atoms with Crippen molar-refractivity contribution >= 4 is 23.0 Å². The molecule has 1 heterocycles. The average molecular weight is 247 g/mol. The van der Waals surface area contributed by atoms with Crippen LogP contribution in [0.2, 0.25) is 0 Å². The average Bonchev–Trinajstić information content (AvgIpc) is 3.17. The second-order valence-corrected chi connectivity index (χ2v) is 5.51. The molecule has 0 bridgehead atoms. The number of pyridine rings is 1. The monoisotopic (exact) mass is 247 g/mol. The van der Waals surface area contributed by atoms with E-state index in [1.807, 2.05) is 18.3 Å². The molecule has 2 fully saturated rings. The van der Waals surface area contributed by atoms with Crippen molar-refractivity contribution in [2.75, 3.05) is 11.4 Å². The number of hydrogen-bond acceptors (Lipinski definition) is 3. The number of aromatic nitrogens is 1. The van der Waals surface area contributed by atoms with Crippen LogP contribution in [0.1, 0.15) is 31.2 Å². The number of hydrogen-bond donors (Lipinski definition) is 1. The van der Waals surface area contributed by atoms with E-state index in [-0.39, 0.29) is 0 Å². The molecule has 3 rings (SSSR count). The third kappa shape index (κ3) is 2.41. The molecule has 0 atom stereocenters. The van der Waals surface area contributed by atoms with Crippen LogP contribution < -0.4 is 10.6 Å². The summed E-state index contributed by atoms with van der Waals surface area (Å²) in [7, 11) is 0. The van der Waals surface area contributed by atoms with Crippen molar-refractivity contribution in [3.8, 4) is 0 Å². The molecule has 0 amide bonds. The van der Waals surface area contributed by atoms with Gasteiger partial charge in [-0.05, 0) is 43.7 Å². The van der Waals surface area contributed by atoms with Crippen LogP contribution >= 0.6 is 12.2 Å². The summed E-state index contributed by atoms with van der Waals surface area (Å²) in [5, 5.41) is 0. The highest BCUT2D eigenvalue weighted by Crippen LogP contribution is 2.37. The van der Waals surface area contributed by atoms with Crippen LogP contribution in [0.5, 0.6) is 0 Å². The summed E-state index contributed by atoms with van der Waals surface area (Å²) >= 11 is 5.12. The molecule has 0 aromatic carbocycles. The summed E-state index contributed by atoms with van der Waals surface area (Å²) in [6, 6.07) is 4.55. The van der Waals surface area contributed by atoms with Gasteiger partial charge in [-0.25, -0.2) is 4.98 Å². The van der Waals surface area contributed by atoms with E-state index in [1.54, 1.807) is 0 Å². The van der Waals surface area contributed by atoms with Gasteiger partial charge in [0.2, 0.25) is 0 Å². The quantitative estimate of drug-likeness (QED) is 0.809. The van der Waals surface area contributed by atoms with Crippen molar-refractivity contribution in [1.82, 2.24) is 4.98 Å². The summed E-state index contributed by atoms with van der Waals surface area (Å²) in [6.07, 6.45) is 7.11. The predicted molar refractivity (Wildman–Crippen MR) is 73.2 cm³/mol. The Balaban J connectivity index is 1.90. The standard InChI is InChI=1S/C13H17N3S/c14-12(17)11-2-1-7-15-13(11)16(10-5-6-10)8-9-3-4-9/h1-2,7,9-10H,3-6,8H2,(H2,14,17). The van der Waals surface area contributed by atoms with Crippen LogP contribution in [0.25, 0.3) is 0 Å². The number of nitrogens with two attached hydrogens (primary N) is 1. The number of anilines is 1. The number of rotatable bonds is 5. The molecule has 2 aliphatic carbocycles. The molecule has 2 N–H and O–H groups in total. The zero-order chi connectivity index (χ0) is 11.8. The summed E-state index contributed by atoms with van der Waals surface area (Å²) in [4.78, 5) is 7.38. The molecule has 0 aliphatic heterocycles. The Morgan fingerprint density at radius 2 is 2.18 bits per heavy atom. The Hall–Kier alpha value is -1.16. The molecule has 2 aliphatic rings. The Labute approximate surface area is 107 Å². The smallest absolute Gasteiger partial charge is 0.139 e. The molecular weight excluding hydrogens is 230 g/mol. The fraction of sp³-hybridized carbons (Fsp3) is 0.538. The largest absolute Gasteiger partial charge is 0.389 e. The van der Waals surface area contributed by atoms with Gasteiger partial charge in [-0.15, -0.1) is 0 Å². The van der Waals surface area contributed by atoms with Gasteiger partial charge >= 0.3 is 0 Å². The third-order valence-electron chi connectivity index (χ3n) is 3.46. The topological polar surface area (TPSA) is 42.1 Å². The molecule has 90 valence electrons. The molecule has 0 radical (unpaired) electrons. The number of nitrogens with zero attached hydrogens (tertiary/aromatic N) is 2. The lowest BCUT2D eigenvalue weighted by molar-refractivity contribution is 0.708. The lowest BCUT2D eigenvalue weighted by Gasteiger charge is -2.25. The number of thiocarbonyl (C=S) groups is 1. The third-order valence-corrected chi connectivity index (χ3v) is 3.68. The van der Waals surface area contributed by atoms with E-state index in [4.69, 9.17) is 18.0 Å². The molecule has 1 aromatic heterocycles. The van der Waals surface area contributed by atoms with Gasteiger partial charge in [0.15, 0.2) is 0 Å². The first-order valence-electron chi connectivity index (χ1n) is 6.27. The minimum Gasteiger partial charge on any atom is -0.389 e. The van der Waals surface area contributed by atoms with Crippen LogP contribution in [0, 0.1) is 5.92 Å². The highest BCUT2D eigenvalue weighted by atomic mass is 32.1. The van der Waals surface area contributed by atoms with Gasteiger partial charge in [-0.3, -0.25) is 0 Å². The Morgan fingerprint density at radius 1 is 1.41 bits per heavy atom. The van der Waals surface area contributed by atoms with E-state index in [2.05, 4.69) is 9.88 Å². The molecule has 0 unspecified atom stereocenters. The minimum atomic E-state index is 0.453. The van der Waals surface area contributed by atoms with Gasteiger partial charge in [0.1, 0.15) is 10.8 Å². The highest BCUT2D eigenvalue weighted by molar-refractivity contribution is 7.80. The second kappa shape index (κ2) is 4.26. The van der Waals surface area contributed by atoms with Gasteiger partial charge in [0.05, 0.1) is 5.56 Å². The molecular formula is C13H17N3S. The second-order valence-electron chi connectivity index (χ2n) is 5.07. The first kappa shape index (κ1) is 11.0. The fourth-order valence-electron chi connectivity index (χ4n) is 2.19. The van der Waals surface area contributed by atoms with Crippen molar-refractivity contribution in [3.63, 3.8) is 0 Å². The van der Waals surface area contributed by atoms with E-state index in [9.17, 15) is 0 Å². The summed E-state index contributed by atoms with van der Waals surface area (Å²) in [5.74, 6) is 1.85. The molecule has 3 nitrogen and oxygen atoms in total. The summed E-state index contributed by atoms with van der Waals surface area (Å²) in [5.41, 5.74) is 6.71. The van der Waals surface area contributed by atoms with Crippen molar-refractivity contribution in [2.24, 2.45) is 11.7 Å². The van der Waals surface area contributed by atoms with E-state index >= 15 is 0 Å². The SMILES string of the molecule is NC(=S)c1cccnc1N(CC1CC1)C1CC1. The lowest BCUT2D eigenvalue weighted by Crippen LogP contribution is -2.31. The van der Waals surface area contributed by atoms with Gasteiger partial charge < -0.3 is 10.6 Å². The lowest BCUT2D eigenvalue weighted by atomic mass is 10.2. The van der Waals surface area contributed by atoms with E-state index in [0.717, 1.165) is 23.8 Å². The van der Waals surface area contributed by atoms with Crippen LogP contribution in [0.15, 0.2) is 18.3 Å². The Kier molecular flexibility index (Phi) is 2.74. The van der Waals surface area contributed by atoms with Crippen LogP contribution in [-0.2, 0) is 0 Å². The van der Waals surface area contributed by atoms with E-state index in [1.165, 1.54) is 25.7 Å². The van der Waals surface area contributed by atoms with Gasteiger partial charge in [-0.2, -0.15) is 0 Å². The summed E-state index contributed by atoms with van der Waals surface area (Å²) in [6.45, 7) is 1.12.